The van der Waals surface area contributed by atoms with Crippen LogP contribution in [-0.4, -0.2) is 29.2 Å². The molecule has 1 heterocycles. The number of benzene rings is 2. The van der Waals surface area contributed by atoms with Crippen LogP contribution in [0.1, 0.15) is 49.0 Å². The van der Waals surface area contributed by atoms with E-state index < -0.39 is 0 Å². The SMILES string of the molecule is C[C@@H]1CCC[C@@H](C)N1/N=C\c1cccc(NC(=O)c2ccccc2Cl)c1. The minimum Gasteiger partial charge on any atom is -0.322 e. The maximum atomic E-state index is 12.4. The van der Waals surface area contributed by atoms with Gasteiger partial charge in [-0.15, -0.1) is 0 Å². The molecule has 2 atom stereocenters. The van der Waals surface area contributed by atoms with Crippen LogP contribution in [0.4, 0.5) is 5.69 Å². The topological polar surface area (TPSA) is 44.7 Å². The van der Waals surface area contributed by atoms with Crippen molar-refractivity contribution in [2.24, 2.45) is 5.10 Å². The van der Waals surface area contributed by atoms with E-state index in [0.29, 0.717) is 22.7 Å². The second kappa shape index (κ2) is 8.37. The van der Waals surface area contributed by atoms with Gasteiger partial charge in [-0.05, 0) is 62.9 Å². The highest BCUT2D eigenvalue weighted by atomic mass is 35.5. The molecule has 0 aromatic heterocycles. The molecule has 1 aliphatic rings. The fourth-order valence-electron chi connectivity index (χ4n) is 3.31. The molecule has 0 spiro atoms. The molecule has 0 unspecified atom stereocenters. The summed E-state index contributed by atoms with van der Waals surface area (Å²) in [6.07, 6.45) is 5.48. The van der Waals surface area contributed by atoms with Gasteiger partial charge in [0.1, 0.15) is 0 Å². The molecule has 0 aliphatic carbocycles. The van der Waals surface area contributed by atoms with Gasteiger partial charge in [-0.1, -0.05) is 35.9 Å². The Morgan fingerprint density at radius 3 is 2.62 bits per heavy atom. The van der Waals surface area contributed by atoms with Gasteiger partial charge in [-0.2, -0.15) is 5.10 Å². The lowest BCUT2D eigenvalue weighted by Crippen LogP contribution is -2.39. The number of amides is 1. The second-order valence-electron chi connectivity index (χ2n) is 6.81. The average Bonchev–Trinajstić information content (AvgIpc) is 2.62. The van der Waals surface area contributed by atoms with Crippen molar-refractivity contribution in [3.63, 3.8) is 0 Å². The van der Waals surface area contributed by atoms with Gasteiger partial charge in [-0.3, -0.25) is 9.80 Å². The molecule has 0 radical (unpaired) electrons. The van der Waals surface area contributed by atoms with E-state index in [1.165, 1.54) is 19.3 Å². The van der Waals surface area contributed by atoms with Crippen molar-refractivity contribution in [2.45, 2.75) is 45.2 Å². The number of hydrogen-bond donors (Lipinski definition) is 1. The van der Waals surface area contributed by atoms with E-state index >= 15 is 0 Å². The molecule has 1 aliphatic heterocycles. The minimum absolute atomic E-state index is 0.219. The lowest BCUT2D eigenvalue weighted by Gasteiger charge is -2.36. The van der Waals surface area contributed by atoms with Gasteiger partial charge in [0.25, 0.3) is 5.91 Å². The Bertz CT molecular complexity index is 795. The fourth-order valence-corrected chi connectivity index (χ4v) is 3.53. The lowest BCUT2D eigenvalue weighted by atomic mass is 10.00. The summed E-state index contributed by atoms with van der Waals surface area (Å²) in [5.41, 5.74) is 2.13. The summed E-state index contributed by atoms with van der Waals surface area (Å²) >= 11 is 6.09. The van der Waals surface area contributed by atoms with Crippen LogP contribution in [0.15, 0.2) is 53.6 Å². The molecule has 136 valence electrons. The van der Waals surface area contributed by atoms with Crippen molar-refractivity contribution < 1.29 is 4.79 Å². The first kappa shape index (κ1) is 18.5. The second-order valence-corrected chi connectivity index (χ2v) is 7.22. The van der Waals surface area contributed by atoms with Gasteiger partial charge in [-0.25, -0.2) is 0 Å². The first-order valence-corrected chi connectivity index (χ1v) is 9.40. The monoisotopic (exact) mass is 369 g/mol. The zero-order valence-electron chi connectivity index (χ0n) is 15.2. The molecule has 5 heteroatoms. The number of anilines is 1. The van der Waals surface area contributed by atoms with E-state index in [1.54, 1.807) is 24.3 Å². The molecule has 0 bridgehead atoms. The molecule has 26 heavy (non-hydrogen) atoms. The average molecular weight is 370 g/mol. The van der Waals surface area contributed by atoms with E-state index in [9.17, 15) is 4.79 Å². The maximum absolute atomic E-state index is 12.4. The normalized spacial score (nSPS) is 20.3. The zero-order chi connectivity index (χ0) is 18.5. The van der Waals surface area contributed by atoms with Gasteiger partial charge in [0.05, 0.1) is 16.8 Å². The Balaban J connectivity index is 1.71. The standard InChI is InChI=1S/C21H24ClN3O/c1-15-7-5-8-16(2)25(15)23-14-17-9-6-10-18(13-17)24-21(26)19-11-3-4-12-20(19)22/h3-4,6,9-16H,5,7-8H2,1-2H3,(H,24,26)/b23-14-/t15-,16-/m1/s1. The third-order valence-electron chi connectivity index (χ3n) is 4.75. The van der Waals surface area contributed by atoms with Crippen molar-refractivity contribution in [3.8, 4) is 0 Å². The molecule has 4 nitrogen and oxygen atoms in total. The number of carbonyl (C=O) groups is 1. The van der Waals surface area contributed by atoms with Gasteiger partial charge in [0.2, 0.25) is 0 Å². The Labute approximate surface area is 159 Å². The molecular weight excluding hydrogens is 346 g/mol. The number of piperidine rings is 1. The molecule has 2 aromatic rings. The fraction of sp³-hybridized carbons (Fsp3) is 0.333. The Hall–Kier alpha value is -2.33. The predicted octanol–water partition coefficient (Wildman–Crippen LogP) is 5.19. The van der Waals surface area contributed by atoms with Crippen molar-refractivity contribution in [3.05, 3.63) is 64.7 Å². The number of carbonyl (C=O) groups excluding carboxylic acids is 1. The highest BCUT2D eigenvalue weighted by Gasteiger charge is 2.22. The Morgan fingerprint density at radius 2 is 1.88 bits per heavy atom. The van der Waals surface area contributed by atoms with Crippen LogP contribution in [0.2, 0.25) is 5.02 Å². The highest BCUT2D eigenvalue weighted by molar-refractivity contribution is 6.34. The van der Waals surface area contributed by atoms with E-state index in [1.807, 2.05) is 30.5 Å². The van der Waals surface area contributed by atoms with Crippen LogP contribution in [0.5, 0.6) is 0 Å². The predicted molar refractivity (Wildman–Crippen MR) is 108 cm³/mol. The van der Waals surface area contributed by atoms with Crippen molar-refractivity contribution >= 4 is 29.4 Å². The summed E-state index contributed by atoms with van der Waals surface area (Å²) in [7, 11) is 0. The number of nitrogens with one attached hydrogen (secondary N) is 1. The van der Waals surface area contributed by atoms with Crippen LogP contribution in [0.25, 0.3) is 0 Å². The van der Waals surface area contributed by atoms with Gasteiger partial charge in [0.15, 0.2) is 0 Å². The first-order valence-electron chi connectivity index (χ1n) is 9.03. The molecule has 2 aromatic carbocycles. The van der Waals surface area contributed by atoms with Crippen molar-refractivity contribution in [1.82, 2.24) is 5.01 Å². The highest BCUT2D eigenvalue weighted by Crippen LogP contribution is 2.23. The first-order chi connectivity index (χ1) is 12.5. The van der Waals surface area contributed by atoms with Crippen molar-refractivity contribution in [1.29, 1.82) is 0 Å². The molecule has 1 N–H and O–H groups in total. The van der Waals surface area contributed by atoms with Gasteiger partial charge >= 0.3 is 0 Å². The Kier molecular flexibility index (Phi) is 5.94. The van der Waals surface area contributed by atoms with E-state index in [2.05, 4.69) is 29.3 Å². The smallest absolute Gasteiger partial charge is 0.257 e. The lowest BCUT2D eigenvalue weighted by molar-refractivity contribution is 0.102. The maximum Gasteiger partial charge on any atom is 0.257 e. The van der Waals surface area contributed by atoms with Crippen LogP contribution in [0.3, 0.4) is 0 Å². The van der Waals surface area contributed by atoms with E-state index in [0.717, 1.165) is 11.3 Å². The quantitative estimate of drug-likeness (QED) is 0.754. The summed E-state index contributed by atoms with van der Waals surface area (Å²) in [5.74, 6) is -0.219. The Morgan fingerprint density at radius 1 is 1.15 bits per heavy atom. The van der Waals surface area contributed by atoms with Gasteiger partial charge < -0.3 is 5.32 Å². The number of halogens is 1. The number of hydrogen-bond acceptors (Lipinski definition) is 3. The summed E-state index contributed by atoms with van der Waals surface area (Å²) in [6.45, 7) is 4.43. The number of rotatable bonds is 4. The van der Waals surface area contributed by atoms with Gasteiger partial charge in [0, 0.05) is 17.8 Å². The third kappa shape index (κ3) is 4.44. The van der Waals surface area contributed by atoms with Crippen LogP contribution >= 0.6 is 11.6 Å². The van der Waals surface area contributed by atoms with E-state index in [-0.39, 0.29) is 5.91 Å². The molecule has 1 fully saturated rings. The summed E-state index contributed by atoms with van der Waals surface area (Å²) in [5, 5.41) is 10.2. The summed E-state index contributed by atoms with van der Waals surface area (Å²) in [4.78, 5) is 12.4. The minimum atomic E-state index is -0.219. The zero-order valence-corrected chi connectivity index (χ0v) is 15.9. The van der Waals surface area contributed by atoms with Crippen LogP contribution < -0.4 is 5.32 Å². The summed E-state index contributed by atoms with van der Waals surface area (Å²) < 4.78 is 0. The molecule has 3 rings (SSSR count). The molecule has 1 saturated heterocycles. The summed E-state index contributed by atoms with van der Waals surface area (Å²) in [6, 6.07) is 15.6. The van der Waals surface area contributed by atoms with Crippen LogP contribution in [-0.2, 0) is 0 Å². The van der Waals surface area contributed by atoms with E-state index in [4.69, 9.17) is 11.6 Å². The number of nitrogens with zero attached hydrogens (tertiary/aromatic N) is 2. The van der Waals surface area contributed by atoms with Crippen LogP contribution in [0, 0.1) is 0 Å². The van der Waals surface area contributed by atoms with Crippen molar-refractivity contribution in [2.75, 3.05) is 5.32 Å². The molecule has 1 amide bonds. The molecule has 0 saturated carbocycles. The third-order valence-corrected chi connectivity index (χ3v) is 5.08. The number of hydrazone groups is 1. The largest absolute Gasteiger partial charge is 0.322 e. The molecular formula is C21H24ClN3O.